The maximum Gasteiger partial charge on any atom is 0.227 e. The average Bonchev–Trinajstić information content (AvgIpc) is 2.70. The fraction of sp³-hybridized carbons (Fsp3) is 0.286. The van der Waals surface area contributed by atoms with Crippen LogP contribution in [0.25, 0.3) is 10.9 Å². The molecular weight excluding hydrogens is 379 g/mol. The molecule has 2 aromatic carbocycles. The normalized spacial score (nSPS) is 15.0. The minimum atomic E-state index is -0.500. The molecule has 5 nitrogen and oxygen atoms in total. The zero-order chi connectivity index (χ0) is 19.7. The summed E-state index contributed by atoms with van der Waals surface area (Å²) in [7, 11) is 0. The molecule has 0 radical (unpaired) electrons. The summed E-state index contributed by atoms with van der Waals surface area (Å²) in [6.45, 7) is 3.53. The number of rotatable bonds is 3. The van der Waals surface area contributed by atoms with Crippen molar-refractivity contribution in [3.8, 4) is 0 Å². The molecule has 1 aliphatic rings. The number of anilines is 2. The van der Waals surface area contributed by atoms with E-state index in [9.17, 15) is 9.18 Å². The Morgan fingerprint density at radius 2 is 1.96 bits per heavy atom. The van der Waals surface area contributed by atoms with Gasteiger partial charge in [0.2, 0.25) is 5.91 Å². The number of fused-ring (bicyclic) bond motifs is 1. The maximum atomic E-state index is 13.3. The monoisotopic (exact) mass is 398 g/mol. The summed E-state index contributed by atoms with van der Waals surface area (Å²) in [5, 5.41) is 3.87. The van der Waals surface area contributed by atoms with E-state index in [-0.39, 0.29) is 16.8 Å². The van der Waals surface area contributed by atoms with Crippen LogP contribution in [0, 0.1) is 18.7 Å². The molecule has 144 valence electrons. The van der Waals surface area contributed by atoms with E-state index in [1.165, 1.54) is 18.2 Å². The molecule has 1 saturated heterocycles. The van der Waals surface area contributed by atoms with E-state index in [1.54, 1.807) is 6.33 Å². The van der Waals surface area contributed by atoms with Crippen molar-refractivity contribution in [1.29, 1.82) is 0 Å². The lowest BCUT2D eigenvalue weighted by atomic mass is 9.95. The highest BCUT2D eigenvalue weighted by molar-refractivity contribution is 6.31. The molecule has 0 aliphatic carbocycles. The van der Waals surface area contributed by atoms with Gasteiger partial charge >= 0.3 is 0 Å². The molecule has 2 heterocycles. The van der Waals surface area contributed by atoms with Crippen LogP contribution < -0.4 is 10.2 Å². The molecular formula is C21H20ClFN4O. The molecule has 1 aliphatic heterocycles. The lowest BCUT2D eigenvalue weighted by Crippen LogP contribution is -2.38. The van der Waals surface area contributed by atoms with Gasteiger partial charge in [-0.2, -0.15) is 0 Å². The number of halogens is 2. The van der Waals surface area contributed by atoms with Gasteiger partial charge in [-0.1, -0.05) is 23.2 Å². The standard InChI is InChI=1S/C21H20ClFN4O/c1-13-2-5-19-16(10-13)20(25-12-24-19)27-8-6-14(7-9-27)21(28)26-15-3-4-18(23)17(22)11-15/h2-5,10-12,14H,6-9H2,1H3,(H,26,28). The molecule has 1 aromatic heterocycles. The van der Waals surface area contributed by atoms with Crippen molar-refractivity contribution in [1.82, 2.24) is 9.97 Å². The summed E-state index contributed by atoms with van der Waals surface area (Å²) < 4.78 is 13.3. The Balaban J connectivity index is 1.44. The molecule has 0 saturated carbocycles. The summed E-state index contributed by atoms with van der Waals surface area (Å²) in [6, 6.07) is 10.3. The molecule has 3 aromatic rings. The van der Waals surface area contributed by atoms with Gasteiger partial charge in [-0.05, 0) is 50.1 Å². The highest BCUT2D eigenvalue weighted by Gasteiger charge is 2.26. The number of piperidine rings is 1. The van der Waals surface area contributed by atoms with E-state index in [0.717, 1.165) is 48.2 Å². The van der Waals surface area contributed by atoms with E-state index in [4.69, 9.17) is 11.6 Å². The van der Waals surface area contributed by atoms with Gasteiger partial charge < -0.3 is 10.2 Å². The van der Waals surface area contributed by atoms with Crippen LogP contribution in [0.2, 0.25) is 5.02 Å². The van der Waals surface area contributed by atoms with Crippen LogP contribution in [0.15, 0.2) is 42.7 Å². The van der Waals surface area contributed by atoms with Crippen LogP contribution in [0.4, 0.5) is 15.9 Å². The molecule has 0 spiro atoms. The Morgan fingerprint density at radius 3 is 2.71 bits per heavy atom. The van der Waals surface area contributed by atoms with Gasteiger partial charge in [0.15, 0.2) is 0 Å². The van der Waals surface area contributed by atoms with E-state index < -0.39 is 5.82 Å². The van der Waals surface area contributed by atoms with Crippen molar-refractivity contribution in [2.24, 2.45) is 5.92 Å². The van der Waals surface area contributed by atoms with E-state index in [1.807, 2.05) is 12.1 Å². The summed E-state index contributed by atoms with van der Waals surface area (Å²) in [4.78, 5) is 23.6. The second-order valence-corrected chi connectivity index (χ2v) is 7.50. The fourth-order valence-corrected chi connectivity index (χ4v) is 3.76. The molecule has 1 amide bonds. The van der Waals surface area contributed by atoms with Crippen LogP contribution >= 0.6 is 11.6 Å². The molecule has 0 atom stereocenters. The number of aromatic nitrogens is 2. The predicted octanol–water partition coefficient (Wildman–Crippen LogP) is 4.59. The minimum absolute atomic E-state index is 0.00134. The zero-order valence-electron chi connectivity index (χ0n) is 15.5. The number of nitrogens with zero attached hydrogens (tertiary/aromatic N) is 3. The molecule has 1 N–H and O–H groups in total. The number of amides is 1. The third kappa shape index (κ3) is 3.78. The van der Waals surface area contributed by atoms with E-state index >= 15 is 0 Å². The molecule has 0 bridgehead atoms. The second-order valence-electron chi connectivity index (χ2n) is 7.10. The Labute approximate surface area is 167 Å². The zero-order valence-corrected chi connectivity index (χ0v) is 16.2. The summed E-state index contributed by atoms with van der Waals surface area (Å²) in [6.07, 6.45) is 3.03. The number of hydrogen-bond acceptors (Lipinski definition) is 4. The highest BCUT2D eigenvalue weighted by atomic mass is 35.5. The first-order valence-electron chi connectivity index (χ1n) is 9.23. The smallest absolute Gasteiger partial charge is 0.227 e. The number of nitrogens with one attached hydrogen (secondary N) is 1. The van der Waals surface area contributed by atoms with Gasteiger partial charge in [-0.3, -0.25) is 4.79 Å². The van der Waals surface area contributed by atoms with Crippen LogP contribution in [0.3, 0.4) is 0 Å². The van der Waals surface area contributed by atoms with Gasteiger partial charge in [0.25, 0.3) is 0 Å². The lowest BCUT2D eigenvalue weighted by molar-refractivity contribution is -0.120. The Bertz CT molecular complexity index is 1030. The van der Waals surface area contributed by atoms with Crippen LogP contribution in [0.1, 0.15) is 18.4 Å². The second kappa shape index (κ2) is 7.72. The van der Waals surface area contributed by atoms with Crippen LogP contribution in [0.5, 0.6) is 0 Å². The summed E-state index contributed by atoms with van der Waals surface area (Å²) in [5.74, 6) is 0.249. The van der Waals surface area contributed by atoms with Crippen molar-refractivity contribution in [2.45, 2.75) is 19.8 Å². The molecule has 4 rings (SSSR count). The maximum absolute atomic E-state index is 13.3. The molecule has 7 heteroatoms. The number of aryl methyl sites for hydroxylation is 1. The number of carbonyl (C=O) groups excluding carboxylic acids is 1. The number of hydrogen-bond donors (Lipinski definition) is 1. The van der Waals surface area contributed by atoms with Crippen molar-refractivity contribution >= 4 is 39.9 Å². The Morgan fingerprint density at radius 1 is 1.18 bits per heavy atom. The first kappa shape index (κ1) is 18.6. The van der Waals surface area contributed by atoms with Gasteiger partial charge in [0, 0.05) is 30.1 Å². The van der Waals surface area contributed by atoms with E-state index in [2.05, 4.69) is 33.2 Å². The lowest BCUT2D eigenvalue weighted by Gasteiger charge is -2.32. The summed E-state index contributed by atoms with van der Waals surface area (Å²) >= 11 is 5.78. The average molecular weight is 399 g/mol. The van der Waals surface area contributed by atoms with Crippen LogP contribution in [-0.4, -0.2) is 29.0 Å². The molecule has 0 unspecified atom stereocenters. The fourth-order valence-electron chi connectivity index (χ4n) is 3.58. The summed E-state index contributed by atoms with van der Waals surface area (Å²) in [5.41, 5.74) is 2.59. The van der Waals surface area contributed by atoms with E-state index in [0.29, 0.717) is 5.69 Å². The van der Waals surface area contributed by atoms with Gasteiger partial charge in [0.05, 0.1) is 10.5 Å². The van der Waals surface area contributed by atoms with Gasteiger partial charge in [-0.15, -0.1) is 0 Å². The SMILES string of the molecule is Cc1ccc2ncnc(N3CCC(C(=O)Nc4ccc(F)c(Cl)c4)CC3)c2c1. The van der Waals surface area contributed by atoms with Crippen molar-refractivity contribution in [3.05, 3.63) is 59.1 Å². The topological polar surface area (TPSA) is 58.1 Å². The largest absolute Gasteiger partial charge is 0.356 e. The van der Waals surface area contributed by atoms with Gasteiger partial charge in [0.1, 0.15) is 18.0 Å². The first-order chi connectivity index (χ1) is 13.5. The van der Waals surface area contributed by atoms with Gasteiger partial charge in [-0.25, -0.2) is 14.4 Å². The third-order valence-electron chi connectivity index (χ3n) is 5.12. The molecule has 28 heavy (non-hydrogen) atoms. The molecule has 1 fully saturated rings. The highest BCUT2D eigenvalue weighted by Crippen LogP contribution is 2.29. The Kier molecular flexibility index (Phi) is 5.13. The van der Waals surface area contributed by atoms with Crippen molar-refractivity contribution < 1.29 is 9.18 Å². The minimum Gasteiger partial charge on any atom is -0.356 e. The quantitative estimate of drug-likeness (QED) is 0.701. The Hall–Kier alpha value is -2.73. The first-order valence-corrected chi connectivity index (χ1v) is 9.61. The number of carbonyl (C=O) groups is 1. The van der Waals surface area contributed by atoms with Crippen LogP contribution in [-0.2, 0) is 4.79 Å². The van der Waals surface area contributed by atoms with Crippen molar-refractivity contribution in [2.75, 3.05) is 23.3 Å². The van der Waals surface area contributed by atoms with Crippen molar-refractivity contribution in [3.63, 3.8) is 0 Å². The predicted molar refractivity (Wildman–Crippen MR) is 109 cm³/mol. The number of benzene rings is 2. The third-order valence-corrected chi connectivity index (χ3v) is 5.41.